The van der Waals surface area contributed by atoms with Gasteiger partial charge < -0.3 is 4.74 Å². The van der Waals surface area contributed by atoms with Gasteiger partial charge in [0.1, 0.15) is 11.3 Å². The second-order valence-electron chi connectivity index (χ2n) is 3.12. The summed E-state index contributed by atoms with van der Waals surface area (Å²) in [4.78, 5) is 10.7. The first-order valence-corrected chi connectivity index (χ1v) is 4.62. The second-order valence-corrected chi connectivity index (χ2v) is 3.12. The zero-order valence-corrected chi connectivity index (χ0v) is 8.32. The van der Waals surface area contributed by atoms with E-state index in [4.69, 9.17) is 4.74 Å². The largest absolute Gasteiger partial charge is 0.490 e. The highest BCUT2D eigenvalue weighted by atomic mass is 16.5. The van der Waals surface area contributed by atoms with Gasteiger partial charge in [-0.2, -0.15) is 0 Å². The molecule has 0 heterocycles. The van der Waals surface area contributed by atoms with Crippen LogP contribution < -0.4 is 4.74 Å². The van der Waals surface area contributed by atoms with Crippen LogP contribution in [0.1, 0.15) is 30.6 Å². The van der Waals surface area contributed by atoms with Gasteiger partial charge in [0.25, 0.3) is 0 Å². The summed E-state index contributed by atoms with van der Waals surface area (Å²) in [6.45, 7) is 3.87. The fourth-order valence-electron chi connectivity index (χ4n) is 1.04. The molecule has 0 spiro atoms. The minimum atomic E-state index is -1.20. The first kappa shape index (κ1) is 10.6. The first-order chi connectivity index (χ1) is 6.65. The van der Waals surface area contributed by atoms with Crippen LogP contribution in [0.3, 0.4) is 0 Å². The molecule has 0 aliphatic heterocycles. The quantitative estimate of drug-likeness (QED) is 0.737. The van der Waals surface area contributed by atoms with Gasteiger partial charge >= 0.3 is 5.97 Å². The average molecular weight is 193 g/mol. The number of ether oxygens (including phenoxy) is 1. The van der Waals surface area contributed by atoms with Gasteiger partial charge in [-0.3, -0.25) is 0 Å². The van der Waals surface area contributed by atoms with Gasteiger partial charge in [0.2, 0.25) is 0 Å². The van der Waals surface area contributed by atoms with Crippen LogP contribution in [-0.4, -0.2) is 12.1 Å². The van der Waals surface area contributed by atoms with Gasteiger partial charge in [-0.15, -0.1) is 0 Å². The maximum absolute atomic E-state index is 10.7. The molecule has 3 heteroatoms. The number of carbonyl (C=O) groups excluding carboxylic acids is 1. The van der Waals surface area contributed by atoms with E-state index in [1.54, 1.807) is 18.2 Å². The number of hydrogen-bond donors (Lipinski definition) is 0. The third-order valence-corrected chi connectivity index (χ3v) is 2.01. The van der Waals surface area contributed by atoms with Crippen molar-refractivity contribution in [2.75, 3.05) is 0 Å². The first-order valence-electron chi connectivity index (χ1n) is 4.62. The van der Waals surface area contributed by atoms with Gasteiger partial charge in [0.05, 0.1) is 6.10 Å². The summed E-state index contributed by atoms with van der Waals surface area (Å²) in [5.41, 5.74) is 0.104. The van der Waals surface area contributed by atoms with Gasteiger partial charge in [0.15, 0.2) is 0 Å². The highest BCUT2D eigenvalue weighted by molar-refractivity contribution is 5.90. The van der Waals surface area contributed by atoms with E-state index in [1.807, 2.05) is 13.8 Å². The Balaban J connectivity index is 2.90. The lowest BCUT2D eigenvalue weighted by Gasteiger charge is -2.13. The summed E-state index contributed by atoms with van der Waals surface area (Å²) < 4.78 is 5.44. The molecule has 1 rings (SSSR count). The number of rotatable bonds is 4. The van der Waals surface area contributed by atoms with Gasteiger partial charge in [-0.1, -0.05) is 19.1 Å². The SMILES string of the molecule is CCC(C)Oc1ccccc1C([O])=O. The monoisotopic (exact) mass is 193 g/mol. The Morgan fingerprint density at radius 3 is 2.64 bits per heavy atom. The van der Waals surface area contributed by atoms with Crippen molar-refractivity contribution in [3.8, 4) is 5.75 Å². The lowest BCUT2D eigenvalue weighted by molar-refractivity contribution is 0.0566. The summed E-state index contributed by atoms with van der Waals surface area (Å²) in [5.74, 6) is -0.828. The maximum Gasteiger partial charge on any atom is 0.390 e. The predicted octanol–water partition coefficient (Wildman–Crippen LogP) is 2.43. The lowest BCUT2D eigenvalue weighted by atomic mass is 10.2. The van der Waals surface area contributed by atoms with E-state index in [1.165, 1.54) is 6.07 Å². The van der Waals surface area contributed by atoms with Crippen molar-refractivity contribution in [3.63, 3.8) is 0 Å². The number of hydrogen-bond acceptors (Lipinski definition) is 2. The lowest BCUT2D eigenvalue weighted by Crippen LogP contribution is -2.12. The second kappa shape index (κ2) is 4.65. The molecule has 3 nitrogen and oxygen atoms in total. The van der Waals surface area contributed by atoms with Crippen molar-refractivity contribution in [2.45, 2.75) is 26.4 Å². The minimum Gasteiger partial charge on any atom is -0.490 e. The molecule has 0 aliphatic rings. The Bertz CT molecular complexity index is 320. The molecule has 0 saturated carbocycles. The number of carbonyl (C=O) groups is 1. The fraction of sp³-hybridized carbons (Fsp3) is 0.364. The maximum atomic E-state index is 10.7. The topological polar surface area (TPSA) is 46.2 Å². The number of para-hydroxylation sites is 1. The van der Waals surface area contributed by atoms with E-state index in [-0.39, 0.29) is 11.7 Å². The van der Waals surface area contributed by atoms with Crippen molar-refractivity contribution < 1.29 is 14.6 Å². The minimum absolute atomic E-state index is 0.00972. The third-order valence-electron chi connectivity index (χ3n) is 2.01. The number of benzene rings is 1. The molecule has 1 atom stereocenters. The van der Waals surface area contributed by atoms with Crippen LogP contribution in [0.2, 0.25) is 0 Å². The summed E-state index contributed by atoms with van der Waals surface area (Å²) in [7, 11) is 0. The van der Waals surface area contributed by atoms with E-state index in [9.17, 15) is 9.90 Å². The van der Waals surface area contributed by atoms with Crippen molar-refractivity contribution in [1.29, 1.82) is 0 Å². The standard InChI is InChI=1S/C11H13O3/c1-3-8(2)14-10-7-5-4-6-9(10)11(12)13/h4-8H,3H2,1-2H3. The molecule has 1 radical (unpaired) electrons. The van der Waals surface area contributed by atoms with E-state index >= 15 is 0 Å². The fourth-order valence-corrected chi connectivity index (χ4v) is 1.04. The molecule has 0 saturated heterocycles. The Morgan fingerprint density at radius 1 is 1.43 bits per heavy atom. The highest BCUT2D eigenvalue weighted by Crippen LogP contribution is 2.19. The Morgan fingerprint density at radius 2 is 2.07 bits per heavy atom. The molecule has 0 fully saturated rings. The molecule has 14 heavy (non-hydrogen) atoms. The average Bonchev–Trinajstić information content (AvgIpc) is 2.18. The van der Waals surface area contributed by atoms with Crippen molar-refractivity contribution in [2.24, 2.45) is 0 Å². The molecule has 0 amide bonds. The summed E-state index contributed by atoms with van der Waals surface area (Å²) in [6.07, 6.45) is 0.844. The molecular formula is C11H13O3. The van der Waals surface area contributed by atoms with Gasteiger partial charge in [-0.05, 0) is 25.5 Å². The van der Waals surface area contributed by atoms with Gasteiger partial charge in [0, 0.05) is 0 Å². The molecule has 1 aromatic carbocycles. The van der Waals surface area contributed by atoms with E-state index < -0.39 is 5.97 Å². The highest BCUT2D eigenvalue weighted by Gasteiger charge is 2.13. The third kappa shape index (κ3) is 2.49. The van der Waals surface area contributed by atoms with Crippen LogP contribution in [0.5, 0.6) is 5.75 Å². The molecule has 0 aliphatic carbocycles. The zero-order valence-electron chi connectivity index (χ0n) is 8.32. The molecule has 0 N–H and O–H groups in total. The summed E-state index contributed by atoms with van der Waals surface area (Å²) in [5, 5.41) is 10.7. The Hall–Kier alpha value is -1.51. The van der Waals surface area contributed by atoms with Crippen molar-refractivity contribution >= 4 is 5.97 Å². The van der Waals surface area contributed by atoms with Crippen molar-refractivity contribution in [3.05, 3.63) is 29.8 Å². The summed E-state index contributed by atoms with van der Waals surface area (Å²) in [6, 6.07) is 6.50. The smallest absolute Gasteiger partial charge is 0.390 e. The Labute approximate surface area is 83.3 Å². The summed E-state index contributed by atoms with van der Waals surface area (Å²) >= 11 is 0. The van der Waals surface area contributed by atoms with Crippen molar-refractivity contribution in [1.82, 2.24) is 0 Å². The molecule has 75 valence electrons. The molecule has 1 unspecified atom stereocenters. The van der Waals surface area contributed by atoms with Crippen LogP contribution in [-0.2, 0) is 5.11 Å². The van der Waals surface area contributed by atoms with Crippen LogP contribution in [0.15, 0.2) is 24.3 Å². The molecular weight excluding hydrogens is 180 g/mol. The van der Waals surface area contributed by atoms with E-state index in [0.717, 1.165) is 6.42 Å². The van der Waals surface area contributed by atoms with E-state index in [2.05, 4.69) is 0 Å². The predicted molar refractivity (Wildman–Crippen MR) is 51.8 cm³/mol. The normalized spacial score (nSPS) is 12.1. The van der Waals surface area contributed by atoms with Crippen LogP contribution in [0.25, 0.3) is 0 Å². The molecule has 0 bridgehead atoms. The Kier molecular flexibility index (Phi) is 3.51. The molecule has 1 aromatic rings. The van der Waals surface area contributed by atoms with Crippen LogP contribution >= 0.6 is 0 Å². The zero-order chi connectivity index (χ0) is 10.6. The van der Waals surface area contributed by atoms with Gasteiger partial charge in [-0.25, -0.2) is 9.90 Å². The van der Waals surface area contributed by atoms with Crippen LogP contribution in [0, 0.1) is 0 Å². The van der Waals surface area contributed by atoms with E-state index in [0.29, 0.717) is 5.75 Å². The molecule has 0 aromatic heterocycles. The van der Waals surface area contributed by atoms with Crippen LogP contribution in [0.4, 0.5) is 0 Å².